The Balaban J connectivity index is 3.38. The summed E-state index contributed by atoms with van der Waals surface area (Å²) in [7, 11) is -5.09. The van der Waals surface area contributed by atoms with Crippen LogP contribution in [0.2, 0.25) is 0 Å². The van der Waals surface area contributed by atoms with Crippen LogP contribution in [0.1, 0.15) is 71.9 Å². The Hall–Kier alpha value is -6.16. The number of nitrogens with one attached hydrogen (secondary N) is 10. The molecule has 76 heavy (non-hydrogen) atoms. The average molecular weight is 1130 g/mol. The molecule has 10 atom stereocenters. The minimum Gasteiger partial charge on any atom is -0.480 e. The predicted octanol–water partition coefficient (Wildman–Crippen LogP) is -9.21. The molecule has 0 bridgehead atoms. The van der Waals surface area contributed by atoms with E-state index < -0.39 is 166 Å². The summed E-state index contributed by atoms with van der Waals surface area (Å²) in [6, 6.07) is -12.3. The van der Waals surface area contributed by atoms with Crippen LogP contribution in [-0.2, 0) is 63.7 Å². The Labute approximate surface area is 441 Å². The van der Waals surface area contributed by atoms with E-state index in [4.69, 9.17) is 5.73 Å². The van der Waals surface area contributed by atoms with Crippen LogP contribution in [0.5, 0.6) is 0 Å². The second-order valence-electron chi connectivity index (χ2n) is 17.7. The average Bonchev–Trinajstić information content (AvgIpc) is 3.86. The van der Waals surface area contributed by atoms with Crippen molar-refractivity contribution in [3.63, 3.8) is 0 Å². The molecule has 1 aromatic rings. The minimum absolute atomic E-state index is 0.0587. The number of aromatic nitrogens is 2. The van der Waals surface area contributed by atoms with E-state index in [1.807, 2.05) is 5.32 Å². The Kier molecular flexibility index (Phi) is 30.8. The molecule has 1 heterocycles. The summed E-state index contributed by atoms with van der Waals surface area (Å²) in [5.74, 6) is -11.2. The molecule has 1 aromatic heterocycles. The number of rotatable bonds is 37. The molecule has 0 aliphatic carbocycles. The van der Waals surface area contributed by atoms with E-state index >= 15 is 0 Å². The van der Waals surface area contributed by atoms with Crippen LogP contribution in [0.4, 0.5) is 0 Å². The molecule has 0 saturated heterocycles. The molecule has 34 heteroatoms. The van der Waals surface area contributed by atoms with E-state index in [2.05, 4.69) is 68.5 Å². The largest absolute Gasteiger partial charge is 0.567 e. The first-order chi connectivity index (χ1) is 35.5. The van der Waals surface area contributed by atoms with Gasteiger partial charge in [0.15, 0.2) is 12.1 Å². The molecule has 0 spiro atoms. The van der Waals surface area contributed by atoms with Gasteiger partial charge in [-0.1, -0.05) is 13.8 Å². The van der Waals surface area contributed by atoms with Crippen molar-refractivity contribution in [2.45, 2.75) is 133 Å². The molecule has 32 nitrogen and oxygen atoms in total. The van der Waals surface area contributed by atoms with Crippen LogP contribution < -0.4 is 65.1 Å². The lowest BCUT2D eigenvalue weighted by Crippen LogP contribution is -2.70. The van der Waals surface area contributed by atoms with Crippen LogP contribution in [0.3, 0.4) is 0 Å². The predicted molar refractivity (Wildman–Crippen MR) is 267 cm³/mol. The summed E-state index contributed by atoms with van der Waals surface area (Å²) in [5, 5.41) is 50.4. The molecule has 0 aliphatic heterocycles. The van der Waals surface area contributed by atoms with Gasteiger partial charge in [0.05, 0.1) is 38.2 Å². The quantitative estimate of drug-likeness (QED) is 0.0217. The van der Waals surface area contributed by atoms with Crippen molar-refractivity contribution in [1.29, 1.82) is 0 Å². The van der Waals surface area contributed by atoms with Crippen LogP contribution in [0, 0.1) is 5.92 Å². The maximum absolute atomic E-state index is 14.1. The van der Waals surface area contributed by atoms with Crippen molar-refractivity contribution in [2.75, 3.05) is 38.2 Å². The number of hydrogen-bond acceptors (Lipinski definition) is 19. The normalized spacial score (nSPS) is 15.3. The summed E-state index contributed by atoms with van der Waals surface area (Å²) >= 11 is 1.34. The number of hydrogen-bond donors (Lipinski definition) is 19. The number of carbonyl (C=O) groups excluding carboxylic acids is 10. The van der Waals surface area contributed by atoms with Crippen molar-refractivity contribution < 1.29 is 98.7 Å². The number of aromatic amines is 1. The second kappa shape index (κ2) is 34.5. The summed E-state index contributed by atoms with van der Waals surface area (Å²) in [5.41, 5.74) is 13.0. The highest BCUT2D eigenvalue weighted by atomic mass is 32.2. The molecular weight excluding hydrogens is 1050 g/mol. The van der Waals surface area contributed by atoms with Gasteiger partial charge in [-0.05, 0) is 58.0 Å². The topological polar surface area (TPSA) is 537 Å². The fourth-order valence-electron chi connectivity index (χ4n) is 6.52. The third-order valence-corrected chi connectivity index (χ3v) is 12.1. The lowest BCUT2D eigenvalue weighted by atomic mass is 10.1. The maximum atomic E-state index is 14.1. The number of aliphatic hydroxyl groups is 2. The summed E-state index contributed by atoms with van der Waals surface area (Å²) in [6.45, 7) is 3.53. The molecule has 24 N–H and O–H groups in total. The number of aliphatic hydroxyl groups excluding tert-OH is 2. The Morgan fingerprint density at radius 1 is 0.684 bits per heavy atom. The zero-order valence-corrected chi connectivity index (χ0v) is 44.6. The van der Waals surface area contributed by atoms with Crippen LogP contribution in [0.25, 0.3) is 0 Å². The second-order valence-corrected chi connectivity index (χ2v) is 20.0. The van der Waals surface area contributed by atoms with E-state index in [0.717, 1.165) is 13.8 Å². The number of unbranched alkanes of at least 4 members (excludes halogenated alkanes) is 1. The van der Waals surface area contributed by atoms with E-state index in [0.29, 0.717) is 24.4 Å². The van der Waals surface area contributed by atoms with Gasteiger partial charge in [0.1, 0.15) is 42.9 Å². The van der Waals surface area contributed by atoms with Gasteiger partial charge in [0, 0.05) is 30.7 Å². The molecule has 0 unspecified atom stereocenters. The molecule has 430 valence electrons. The number of carboxylic acid groups (broad SMARTS) is 1. The van der Waals surface area contributed by atoms with Crippen LogP contribution in [-0.4, -0.2) is 204 Å². The van der Waals surface area contributed by atoms with Crippen molar-refractivity contribution in [3.05, 3.63) is 18.2 Å². The van der Waals surface area contributed by atoms with Gasteiger partial charge >= 0.3 is 14.1 Å². The van der Waals surface area contributed by atoms with E-state index in [1.54, 1.807) is 20.1 Å². The maximum Gasteiger partial charge on any atom is 0.567 e. The van der Waals surface area contributed by atoms with E-state index in [1.165, 1.54) is 24.3 Å². The third-order valence-electron chi connectivity index (χ3n) is 11.0. The van der Waals surface area contributed by atoms with Gasteiger partial charge in [0.2, 0.25) is 53.2 Å². The van der Waals surface area contributed by atoms with Crippen molar-refractivity contribution in [3.8, 4) is 0 Å². The van der Waals surface area contributed by atoms with Crippen LogP contribution >= 0.6 is 19.9 Å². The lowest BCUT2D eigenvalue weighted by molar-refractivity contribution is -0.414. The smallest absolute Gasteiger partial charge is 0.480 e. The third kappa shape index (κ3) is 26.6. The molecule has 0 radical (unpaired) electrons. The SMILES string of the molecule is CSCC[C@H](NC(=O)CNC(=O)[C@@H]([NH3+])C(C)C)C(=O)N[C@@H](Cc1cnc[nH]1)C(=O)N[C@@H](CO[P+](O)(O)O)C(=O)N[C@@H](CCCC[NH3+])C(=O)NCC(=O)N[C@H](C(=O)N[C@@H](CCC(N)=O)C(=O)N[C@H](C(=O)O)[C@@H](C)O)[C@@H](C)O. The number of amides is 10. The van der Waals surface area contributed by atoms with Crippen molar-refractivity contribution >= 4 is 85.0 Å². The number of carbonyl (C=O) groups is 11. The summed E-state index contributed by atoms with van der Waals surface area (Å²) < 4.78 is 4.69. The van der Waals surface area contributed by atoms with Gasteiger partial charge in [-0.2, -0.15) is 31.0 Å². The van der Waals surface area contributed by atoms with Gasteiger partial charge in [-0.25, -0.2) is 9.78 Å². The number of thioether (sulfide) groups is 1. The molecule has 10 amide bonds. The number of carboxylic acids is 1. The van der Waals surface area contributed by atoms with Gasteiger partial charge in [-0.3, -0.25) is 47.9 Å². The minimum atomic E-state index is -5.09. The van der Waals surface area contributed by atoms with Crippen LogP contribution in [0.15, 0.2) is 12.5 Å². The number of nitrogens with two attached hydrogens (primary N) is 1. The number of H-pyrrole nitrogens is 1. The highest BCUT2D eigenvalue weighted by Gasteiger charge is 2.39. The fourth-order valence-corrected chi connectivity index (χ4v) is 7.35. The molecule has 1 rings (SSSR count). The summed E-state index contributed by atoms with van der Waals surface area (Å²) in [6.07, 6.45) is 0.396. The molecule has 0 aromatic carbocycles. The standard InChI is InChI=1S/C42H73N14O18PS/c1-20(2)32(45)40(67)48-16-30(60)50-26(11-13-76-5)36(63)53-27(14-23-15-46-19-49-23)38(65)54-28(18-74-75(71,72)73)39(66)51-24(8-6-7-12-43)35(62)47-17-31(61)55-33(21(3)57)41(68)52-25(9-10-29(44)59)37(64)56-34(22(4)58)42(69)70/h15,19-22,24-28,32-34,57-58,71-73H,6-14,16-18,43,45H2,1-5H3,(H12-,44,46,47,48,49,50,51,52,53,54,55,56,59,60,61,62,63,64,65,66,67,68,69,70)/p+3/t21-,22-,24+,25+,26+,27+,28+,32+,33+,34+/m1/s1. The summed E-state index contributed by atoms with van der Waals surface area (Å²) in [4.78, 5) is 179. The van der Waals surface area contributed by atoms with Crippen molar-refractivity contribution in [1.82, 2.24) is 57.8 Å². The fraction of sp³-hybridized carbons (Fsp3) is 0.667. The number of imidazole rings is 1. The Morgan fingerprint density at radius 3 is 1.72 bits per heavy atom. The number of aliphatic carboxylic acids is 1. The van der Waals surface area contributed by atoms with Gasteiger partial charge in [0.25, 0.3) is 5.91 Å². The highest BCUT2D eigenvalue weighted by Crippen LogP contribution is 2.45. The lowest BCUT2D eigenvalue weighted by Gasteiger charge is -2.26. The van der Waals surface area contributed by atoms with Gasteiger partial charge in [-0.15, -0.1) is 0 Å². The number of primary amides is 1. The Morgan fingerprint density at radius 2 is 1.20 bits per heavy atom. The van der Waals surface area contributed by atoms with Gasteiger partial charge < -0.3 is 85.4 Å². The zero-order valence-electron chi connectivity index (χ0n) is 42.9. The monoisotopic (exact) mass is 1130 g/mol. The first-order valence-electron chi connectivity index (χ1n) is 23.8. The highest BCUT2D eigenvalue weighted by molar-refractivity contribution is 7.98. The van der Waals surface area contributed by atoms with Crippen molar-refractivity contribution in [2.24, 2.45) is 11.7 Å². The molecular formula is C42H76N14O18PS+3. The number of quaternary nitrogens is 2. The Bertz CT molecular complexity index is 2100. The first-order valence-corrected chi connectivity index (χ1v) is 26.8. The first kappa shape index (κ1) is 67.9. The molecule has 0 fully saturated rings. The van der Waals surface area contributed by atoms with E-state index in [9.17, 15) is 82.7 Å². The van der Waals surface area contributed by atoms with E-state index in [-0.39, 0.29) is 31.6 Å². The molecule has 0 saturated carbocycles. The zero-order chi connectivity index (χ0) is 57.9. The molecule has 0 aliphatic rings. The number of nitrogens with zero attached hydrogens (tertiary/aromatic N) is 1.